The zero-order chi connectivity index (χ0) is 22.0. The van der Waals surface area contributed by atoms with Crippen LogP contribution in [0, 0.1) is 20.2 Å². The average molecular weight is 409 g/mol. The Kier molecular flexibility index (Phi) is 5.19. The van der Waals surface area contributed by atoms with Crippen molar-refractivity contribution < 1.29 is 29.6 Å². The summed E-state index contributed by atoms with van der Waals surface area (Å²) in [7, 11) is 0. The maximum Gasteiger partial charge on any atom is 0.355 e. The third-order valence-corrected chi connectivity index (χ3v) is 4.25. The second-order valence-corrected chi connectivity index (χ2v) is 5.99. The number of carbonyl (C=O) groups is 2. The smallest absolute Gasteiger partial charge is 0.355 e. The van der Waals surface area contributed by atoms with Crippen LogP contribution in [0.4, 0.5) is 11.4 Å². The summed E-state index contributed by atoms with van der Waals surface area (Å²) in [5.74, 6) is -2.83. The Hall–Kier alpha value is -4.67. The van der Waals surface area contributed by atoms with E-state index in [1.807, 2.05) is 0 Å². The van der Waals surface area contributed by atoms with Crippen molar-refractivity contribution in [1.29, 1.82) is 0 Å². The molecule has 0 aliphatic rings. The highest BCUT2D eigenvalue weighted by atomic mass is 16.6. The Balaban J connectivity index is 2.36. The summed E-state index contributed by atoms with van der Waals surface area (Å²) < 4.78 is 0. The van der Waals surface area contributed by atoms with Crippen LogP contribution in [0.2, 0.25) is 0 Å². The Morgan fingerprint density at radius 3 is 1.53 bits per heavy atom. The molecule has 0 saturated heterocycles. The Morgan fingerprint density at radius 2 is 1.17 bits per heavy atom. The van der Waals surface area contributed by atoms with Gasteiger partial charge in [0.15, 0.2) is 5.69 Å². The van der Waals surface area contributed by atoms with E-state index in [4.69, 9.17) is 0 Å². The number of hydrogen-bond acceptors (Lipinski definition) is 7. The van der Waals surface area contributed by atoms with Crippen LogP contribution in [-0.2, 0) is 0 Å². The molecule has 1 heterocycles. The van der Waals surface area contributed by atoms with Gasteiger partial charge in [0, 0.05) is 41.6 Å². The lowest BCUT2D eigenvalue weighted by atomic mass is 9.90. The standard InChI is InChI=1S/C19H11N3O8/c23-18(24)14-9-20-17(19(25)26)16(11-3-7-13(8-4-11)22(29)30)15(14)10-1-5-12(6-2-10)21(27)28/h1-9H,(H,23,24)(H,25,26). The first-order chi connectivity index (χ1) is 14.2. The maximum absolute atomic E-state index is 11.8. The van der Waals surface area contributed by atoms with Crippen molar-refractivity contribution >= 4 is 23.3 Å². The molecular weight excluding hydrogens is 398 g/mol. The van der Waals surface area contributed by atoms with Gasteiger partial charge in [-0.15, -0.1) is 0 Å². The summed E-state index contributed by atoms with van der Waals surface area (Å²) in [4.78, 5) is 47.9. The van der Waals surface area contributed by atoms with Gasteiger partial charge in [0.05, 0.1) is 15.4 Å². The topological polar surface area (TPSA) is 174 Å². The van der Waals surface area contributed by atoms with Crippen molar-refractivity contribution in [1.82, 2.24) is 4.98 Å². The highest BCUT2D eigenvalue weighted by Crippen LogP contribution is 2.38. The second-order valence-electron chi connectivity index (χ2n) is 5.99. The van der Waals surface area contributed by atoms with Gasteiger partial charge in [-0.1, -0.05) is 0 Å². The number of rotatable bonds is 6. The molecule has 2 aromatic carbocycles. The third-order valence-electron chi connectivity index (χ3n) is 4.25. The van der Waals surface area contributed by atoms with Gasteiger partial charge in [-0.25, -0.2) is 14.6 Å². The number of nitrogens with zero attached hydrogens (tertiary/aromatic N) is 3. The highest BCUT2D eigenvalue weighted by molar-refractivity contribution is 6.06. The molecule has 11 heteroatoms. The first-order valence-electron chi connectivity index (χ1n) is 8.20. The lowest BCUT2D eigenvalue weighted by Crippen LogP contribution is -2.10. The molecule has 0 bridgehead atoms. The molecule has 0 saturated carbocycles. The van der Waals surface area contributed by atoms with Gasteiger partial charge in [-0.05, 0) is 35.4 Å². The Labute approximate surface area is 167 Å². The van der Waals surface area contributed by atoms with E-state index in [0.29, 0.717) is 0 Å². The van der Waals surface area contributed by atoms with E-state index >= 15 is 0 Å². The number of aromatic carboxylic acids is 2. The normalized spacial score (nSPS) is 10.4. The van der Waals surface area contributed by atoms with Gasteiger partial charge < -0.3 is 10.2 Å². The molecule has 0 amide bonds. The van der Waals surface area contributed by atoms with Gasteiger partial charge in [-0.2, -0.15) is 0 Å². The molecule has 0 fully saturated rings. The van der Waals surface area contributed by atoms with Gasteiger partial charge in [-0.3, -0.25) is 20.2 Å². The molecule has 0 unspecified atom stereocenters. The average Bonchev–Trinajstić information content (AvgIpc) is 2.72. The van der Waals surface area contributed by atoms with Crippen LogP contribution in [-0.4, -0.2) is 37.0 Å². The molecular formula is C19H11N3O8. The van der Waals surface area contributed by atoms with Crippen LogP contribution < -0.4 is 0 Å². The van der Waals surface area contributed by atoms with E-state index in [0.717, 1.165) is 30.5 Å². The Morgan fingerprint density at radius 1 is 0.733 bits per heavy atom. The number of nitro benzene ring substituents is 2. The molecule has 0 radical (unpaired) electrons. The van der Waals surface area contributed by atoms with Gasteiger partial charge >= 0.3 is 11.9 Å². The minimum atomic E-state index is -1.44. The minimum absolute atomic E-state index is 0.0290. The number of nitro groups is 2. The fourth-order valence-corrected chi connectivity index (χ4v) is 2.92. The SMILES string of the molecule is O=C(O)c1cnc(C(=O)O)c(-c2ccc([N+](=O)[O-])cc2)c1-c1ccc([N+](=O)[O-])cc1. The number of aromatic nitrogens is 1. The Bertz CT molecular complexity index is 1090. The number of pyridine rings is 1. The predicted molar refractivity (Wildman–Crippen MR) is 102 cm³/mol. The molecule has 0 aliphatic heterocycles. The molecule has 0 spiro atoms. The minimum Gasteiger partial charge on any atom is -0.478 e. The van der Waals surface area contributed by atoms with Crippen molar-refractivity contribution in [2.24, 2.45) is 0 Å². The third kappa shape index (κ3) is 3.67. The number of carboxylic acids is 2. The lowest BCUT2D eigenvalue weighted by molar-refractivity contribution is -0.385. The van der Waals surface area contributed by atoms with E-state index in [9.17, 15) is 40.0 Å². The molecule has 150 valence electrons. The fourth-order valence-electron chi connectivity index (χ4n) is 2.92. The van der Waals surface area contributed by atoms with Crippen molar-refractivity contribution in [2.75, 3.05) is 0 Å². The summed E-state index contributed by atoms with van der Waals surface area (Å²) in [6, 6.07) is 9.75. The summed E-state index contributed by atoms with van der Waals surface area (Å²) in [5.41, 5.74) is -0.998. The van der Waals surface area contributed by atoms with Crippen LogP contribution in [0.1, 0.15) is 20.8 Å². The van der Waals surface area contributed by atoms with Crippen LogP contribution in [0.5, 0.6) is 0 Å². The quantitative estimate of drug-likeness (QED) is 0.455. The first kappa shape index (κ1) is 20.1. The van der Waals surface area contributed by atoms with Crippen LogP contribution in [0.3, 0.4) is 0 Å². The summed E-state index contributed by atoms with van der Waals surface area (Å²) in [5, 5.41) is 41.0. The monoisotopic (exact) mass is 409 g/mol. The fraction of sp³-hybridized carbons (Fsp3) is 0. The second kappa shape index (κ2) is 7.75. The van der Waals surface area contributed by atoms with Crippen molar-refractivity contribution in [3.05, 3.63) is 86.2 Å². The van der Waals surface area contributed by atoms with E-state index in [1.54, 1.807) is 0 Å². The van der Waals surface area contributed by atoms with E-state index in [-0.39, 0.29) is 39.2 Å². The molecule has 30 heavy (non-hydrogen) atoms. The van der Waals surface area contributed by atoms with E-state index in [2.05, 4.69) is 4.98 Å². The molecule has 2 N–H and O–H groups in total. The van der Waals surface area contributed by atoms with Gasteiger partial charge in [0.25, 0.3) is 11.4 Å². The van der Waals surface area contributed by atoms with Crippen LogP contribution in [0.15, 0.2) is 54.7 Å². The van der Waals surface area contributed by atoms with Crippen LogP contribution >= 0.6 is 0 Å². The predicted octanol–water partition coefficient (Wildman–Crippen LogP) is 3.63. The van der Waals surface area contributed by atoms with Crippen molar-refractivity contribution in [3.63, 3.8) is 0 Å². The summed E-state index contributed by atoms with van der Waals surface area (Å²) in [6.07, 6.45) is 0.886. The van der Waals surface area contributed by atoms with Crippen molar-refractivity contribution in [3.8, 4) is 22.3 Å². The van der Waals surface area contributed by atoms with Gasteiger partial charge in [0.1, 0.15) is 0 Å². The molecule has 3 aromatic rings. The number of hydrogen-bond donors (Lipinski definition) is 2. The number of non-ortho nitro benzene ring substituents is 2. The summed E-state index contributed by atoms with van der Waals surface area (Å²) in [6.45, 7) is 0. The van der Waals surface area contributed by atoms with Gasteiger partial charge in [0.2, 0.25) is 0 Å². The van der Waals surface area contributed by atoms with Crippen LogP contribution in [0.25, 0.3) is 22.3 Å². The first-order valence-corrected chi connectivity index (χ1v) is 8.20. The lowest BCUT2D eigenvalue weighted by Gasteiger charge is -2.15. The highest BCUT2D eigenvalue weighted by Gasteiger charge is 2.25. The molecule has 1 aromatic heterocycles. The zero-order valence-electron chi connectivity index (χ0n) is 14.9. The molecule has 0 atom stereocenters. The largest absolute Gasteiger partial charge is 0.478 e. The molecule has 0 aliphatic carbocycles. The summed E-state index contributed by atoms with van der Waals surface area (Å²) >= 11 is 0. The number of benzene rings is 2. The van der Waals surface area contributed by atoms with E-state index < -0.39 is 27.5 Å². The maximum atomic E-state index is 11.8. The van der Waals surface area contributed by atoms with E-state index in [1.165, 1.54) is 24.3 Å². The number of carboxylic acid groups (broad SMARTS) is 2. The van der Waals surface area contributed by atoms with Crippen molar-refractivity contribution in [2.45, 2.75) is 0 Å². The molecule has 3 rings (SSSR count). The zero-order valence-corrected chi connectivity index (χ0v) is 14.9. The molecule has 11 nitrogen and oxygen atoms in total.